The average molecular weight is 541 g/mol. The van der Waals surface area contributed by atoms with Crippen LogP contribution in [0.2, 0.25) is 5.02 Å². The second-order valence-electron chi connectivity index (χ2n) is 8.88. The summed E-state index contributed by atoms with van der Waals surface area (Å²) in [5, 5.41) is 0.294. The molecule has 1 aliphatic rings. The molecule has 1 amide bonds. The number of halogens is 1. The highest BCUT2D eigenvalue weighted by Crippen LogP contribution is 2.30. The Morgan fingerprint density at radius 3 is 2.38 bits per heavy atom. The fourth-order valence-electron chi connectivity index (χ4n) is 4.70. The van der Waals surface area contributed by atoms with Crippen molar-refractivity contribution < 1.29 is 17.9 Å². The number of likely N-dealkylation sites (tertiary alicyclic amines) is 1. The molecule has 192 valence electrons. The third-order valence-corrected chi connectivity index (χ3v) is 8.47. The number of methoxy groups -OCH3 is 1. The number of aromatic nitrogens is 2. The second kappa shape index (κ2) is 9.70. The number of carbonyl (C=O) groups is 1. The predicted octanol–water partition coefficient (Wildman–Crippen LogP) is 2.85. The van der Waals surface area contributed by atoms with E-state index in [1.165, 1.54) is 54.1 Å². The Morgan fingerprint density at radius 2 is 1.76 bits per heavy atom. The van der Waals surface area contributed by atoms with Gasteiger partial charge in [0.2, 0.25) is 0 Å². The monoisotopic (exact) mass is 540 g/mol. The number of benzene rings is 3. The van der Waals surface area contributed by atoms with Gasteiger partial charge in [-0.05, 0) is 54.4 Å². The lowest BCUT2D eigenvalue weighted by atomic mass is 10.0. The Morgan fingerprint density at radius 1 is 1.05 bits per heavy atom. The maximum atomic E-state index is 14.0. The quantitative estimate of drug-likeness (QED) is 0.402. The molecule has 2 N–H and O–H groups in total. The van der Waals surface area contributed by atoms with Crippen LogP contribution in [-0.2, 0) is 14.8 Å². The van der Waals surface area contributed by atoms with Crippen LogP contribution in [0.1, 0.15) is 18.0 Å². The molecule has 1 fully saturated rings. The van der Waals surface area contributed by atoms with E-state index in [1.54, 1.807) is 35.2 Å². The first-order valence-electron chi connectivity index (χ1n) is 11.6. The van der Waals surface area contributed by atoms with Crippen molar-refractivity contribution in [2.45, 2.75) is 23.4 Å². The number of hydrogen-bond donors (Lipinski definition) is 1. The maximum Gasteiger partial charge on any atom is 0.344 e. The first kappa shape index (κ1) is 25.1. The number of hydrogen-bond acceptors (Lipinski definition) is 6. The first-order chi connectivity index (χ1) is 17.7. The molecule has 4 aromatic rings. The van der Waals surface area contributed by atoms with Crippen LogP contribution in [0.4, 0.5) is 0 Å². The highest BCUT2D eigenvalue weighted by atomic mass is 35.5. The van der Waals surface area contributed by atoms with Crippen molar-refractivity contribution >= 4 is 38.6 Å². The number of amides is 1. The van der Waals surface area contributed by atoms with Crippen LogP contribution in [0.25, 0.3) is 11.0 Å². The van der Waals surface area contributed by atoms with Crippen molar-refractivity contribution in [2.24, 2.45) is 5.73 Å². The molecule has 1 aliphatic heterocycles. The first-order valence-corrected chi connectivity index (χ1v) is 13.5. The van der Waals surface area contributed by atoms with Gasteiger partial charge in [0.1, 0.15) is 11.8 Å². The van der Waals surface area contributed by atoms with Gasteiger partial charge in [0.25, 0.3) is 15.9 Å². The Balaban J connectivity index is 1.77. The zero-order valence-corrected chi connectivity index (χ0v) is 21.5. The molecule has 0 saturated carbocycles. The molecule has 0 radical (unpaired) electrons. The molecule has 11 heteroatoms. The highest BCUT2D eigenvalue weighted by Gasteiger charge is 2.36. The van der Waals surface area contributed by atoms with Gasteiger partial charge in [0.15, 0.2) is 0 Å². The fraction of sp³-hybridized carbons (Fsp3) is 0.231. The lowest BCUT2D eigenvalue weighted by Gasteiger charge is -2.25. The Bertz CT molecular complexity index is 1630. The van der Waals surface area contributed by atoms with Gasteiger partial charge < -0.3 is 15.4 Å². The van der Waals surface area contributed by atoms with E-state index in [2.05, 4.69) is 0 Å². The summed E-state index contributed by atoms with van der Waals surface area (Å²) in [7, 11) is -2.87. The molecular formula is C26H25ClN4O5S. The van der Waals surface area contributed by atoms with Crippen molar-refractivity contribution in [3.05, 3.63) is 93.9 Å². The average Bonchev–Trinajstić information content (AvgIpc) is 3.46. The molecule has 5 rings (SSSR count). The highest BCUT2D eigenvalue weighted by molar-refractivity contribution is 7.90. The lowest BCUT2D eigenvalue weighted by molar-refractivity contribution is -0.132. The van der Waals surface area contributed by atoms with Gasteiger partial charge in [-0.3, -0.25) is 9.36 Å². The van der Waals surface area contributed by atoms with E-state index >= 15 is 0 Å². The summed E-state index contributed by atoms with van der Waals surface area (Å²) in [5.41, 5.74) is 6.05. The van der Waals surface area contributed by atoms with E-state index in [-0.39, 0.29) is 27.9 Å². The largest absolute Gasteiger partial charge is 0.497 e. The van der Waals surface area contributed by atoms with Crippen molar-refractivity contribution in [3.8, 4) is 5.75 Å². The van der Waals surface area contributed by atoms with E-state index in [4.69, 9.17) is 22.1 Å². The van der Waals surface area contributed by atoms with Crippen LogP contribution in [0.5, 0.6) is 5.75 Å². The van der Waals surface area contributed by atoms with E-state index in [9.17, 15) is 18.0 Å². The molecule has 1 unspecified atom stereocenters. The predicted molar refractivity (Wildman–Crippen MR) is 141 cm³/mol. The number of nitrogens with two attached hydrogens (primary N) is 1. The standard InChI is InChI=1S/C26H25ClN4O5S/c1-36-20-8-10-21(11-9-20)37(34,35)31-22-12-7-18(27)15-23(22)30(26(31)33)24(17-5-3-2-4-6-17)25(32)29-14-13-19(28)16-29/h2-12,15,19,24H,13-14,16,28H2,1H3/t19-,24?/m0/s1. The normalized spacial score (nSPS) is 16.7. The number of fused-ring (bicyclic) bond motifs is 1. The Hall–Kier alpha value is -3.60. The minimum atomic E-state index is -4.34. The summed E-state index contributed by atoms with van der Waals surface area (Å²) in [4.78, 5) is 29.4. The molecular weight excluding hydrogens is 516 g/mol. The third kappa shape index (κ3) is 4.41. The topological polar surface area (TPSA) is 117 Å². The van der Waals surface area contributed by atoms with E-state index in [0.29, 0.717) is 35.8 Å². The molecule has 2 heterocycles. The van der Waals surface area contributed by atoms with E-state index in [0.717, 1.165) is 3.97 Å². The van der Waals surface area contributed by atoms with Crippen LogP contribution in [0.3, 0.4) is 0 Å². The van der Waals surface area contributed by atoms with Gasteiger partial charge in [0, 0.05) is 24.2 Å². The fourth-order valence-corrected chi connectivity index (χ4v) is 6.26. The Kier molecular flexibility index (Phi) is 6.57. The van der Waals surface area contributed by atoms with Crippen LogP contribution in [0, 0.1) is 0 Å². The van der Waals surface area contributed by atoms with Crippen LogP contribution >= 0.6 is 11.6 Å². The minimum absolute atomic E-state index is 0.0995. The number of ether oxygens (including phenoxy) is 1. The molecule has 9 nitrogen and oxygen atoms in total. The molecule has 3 aromatic carbocycles. The molecule has 0 bridgehead atoms. The smallest absolute Gasteiger partial charge is 0.344 e. The van der Waals surface area contributed by atoms with E-state index in [1.807, 2.05) is 0 Å². The number of imidazole rings is 1. The summed E-state index contributed by atoms with van der Waals surface area (Å²) >= 11 is 6.29. The van der Waals surface area contributed by atoms with Gasteiger partial charge in [-0.15, -0.1) is 0 Å². The number of carbonyl (C=O) groups excluding carboxylic acids is 1. The van der Waals surface area contributed by atoms with Crippen molar-refractivity contribution in [1.82, 2.24) is 13.4 Å². The van der Waals surface area contributed by atoms with Crippen LogP contribution in [-0.4, -0.2) is 54.0 Å². The number of rotatable bonds is 6. The molecule has 0 spiro atoms. The van der Waals surface area contributed by atoms with Gasteiger partial charge >= 0.3 is 5.69 Å². The molecule has 1 saturated heterocycles. The van der Waals surface area contributed by atoms with Gasteiger partial charge in [-0.1, -0.05) is 41.9 Å². The van der Waals surface area contributed by atoms with Crippen LogP contribution < -0.4 is 16.2 Å². The summed E-state index contributed by atoms with van der Waals surface area (Å²) in [6, 6.07) is 17.7. The third-order valence-electron chi connectivity index (χ3n) is 6.54. The molecule has 0 aliphatic carbocycles. The SMILES string of the molecule is COc1ccc(S(=O)(=O)n2c(=O)n(C(C(=O)N3CC[C@H](N)C3)c3ccccc3)c3cc(Cl)ccc32)cc1. The van der Waals surface area contributed by atoms with Crippen molar-refractivity contribution in [1.29, 1.82) is 0 Å². The van der Waals surface area contributed by atoms with Crippen molar-refractivity contribution in [3.63, 3.8) is 0 Å². The zero-order valence-electron chi connectivity index (χ0n) is 20.0. The van der Waals surface area contributed by atoms with Crippen LogP contribution in [0.15, 0.2) is 82.5 Å². The molecule has 2 atom stereocenters. The molecule has 1 aromatic heterocycles. The maximum absolute atomic E-state index is 14.0. The number of nitrogens with zero attached hydrogens (tertiary/aromatic N) is 3. The summed E-state index contributed by atoms with van der Waals surface area (Å²) in [6.45, 7) is 0.794. The lowest BCUT2D eigenvalue weighted by Crippen LogP contribution is -2.41. The second-order valence-corrected chi connectivity index (χ2v) is 11.1. The van der Waals surface area contributed by atoms with E-state index < -0.39 is 21.8 Å². The van der Waals surface area contributed by atoms with Gasteiger partial charge in [0.05, 0.1) is 23.0 Å². The van der Waals surface area contributed by atoms with Gasteiger partial charge in [-0.25, -0.2) is 13.2 Å². The summed E-state index contributed by atoms with van der Waals surface area (Å²) < 4.78 is 34.6. The van der Waals surface area contributed by atoms with Crippen molar-refractivity contribution in [2.75, 3.05) is 20.2 Å². The zero-order chi connectivity index (χ0) is 26.3. The summed E-state index contributed by atoms with van der Waals surface area (Å²) in [5.74, 6) is 0.126. The molecule has 37 heavy (non-hydrogen) atoms. The van der Waals surface area contributed by atoms with Gasteiger partial charge in [-0.2, -0.15) is 3.97 Å². The summed E-state index contributed by atoms with van der Waals surface area (Å²) in [6.07, 6.45) is 0.640. The minimum Gasteiger partial charge on any atom is -0.497 e. The Labute approximate surface area is 218 Å².